The van der Waals surface area contributed by atoms with Crippen molar-refractivity contribution in [2.24, 2.45) is 52.3 Å². The summed E-state index contributed by atoms with van der Waals surface area (Å²) in [6.45, 7) is 8.58. The molecule has 18 nitrogen and oxygen atoms in total. The summed E-state index contributed by atoms with van der Waals surface area (Å²) in [7, 11) is 0. The molecule has 4 saturated carbocycles. The van der Waals surface area contributed by atoms with E-state index in [1.54, 1.807) is 0 Å². The second kappa shape index (κ2) is 17.4. The Hall–Kier alpha value is -0.720. The molecule has 0 aromatic heterocycles. The number of aliphatic hydroxyl groups is 10. The summed E-state index contributed by atoms with van der Waals surface area (Å²) < 4.78 is 48.8. The molecule has 1 spiro atoms. The smallest absolute Gasteiger partial charge is 0.187 e. The average molecular weight is 889 g/mol. The van der Waals surface area contributed by atoms with Crippen LogP contribution in [0.2, 0.25) is 0 Å². The van der Waals surface area contributed by atoms with Gasteiger partial charge in [0.2, 0.25) is 0 Å². The van der Waals surface area contributed by atoms with Gasteiger partial charge < -0.3 is 89.0 Å². The van der Waals surface area contributed by atoms with Crippen LogP contribution in [0, 0.1) is 52.3 Å². The van der Waals surface area contributed by atoms with Gasteiger partial charge in [-0.1, -0.05) is 27.7 Å². The van der Waals surface area contributed by atoms with E-state index in [2.05, 4.69) is 27.7 Å². The molecule has 0 aromatic carbocycles. The minimum Gasteiger partial charge on any atom is -0.394 e. The van der Waals surface area contributed by atoms with Gasteiger partial charge in [-0.2, -0.15) is 0 Å². The first-order valence-corrected chi connectivity index (χ1v) is 23.3. The van der Waals surface area contributed by atoms with Crippen LogP contribution >= 0.6 is 0 Å². The van der Waals surface area contributed by atoms with Crippen molar-refractivity contribution in [2.45, 2.75) is 196 Å². The van der Waals surface area contributed by atoms with Crippen LogP contribution in [0.5, 0.6) is 0 Å². The van der Waals surface area contributed by atoms with Crippen LogP contribution in [-0.2, 0) is 37.9 Å². The Balaban J connectivity index is 0.876. The molecular formula is C44H72O18. The zero-order chi connectivity index (χ0) is 44.2. The van der Waals surface area contributed by atoms with Crippen LogP contribution in [0.4, 0.5) is 0 Å². The van der Waals surface area contributed by atoms with Crippen LogP contribution in [0.15, 0.2) is 0 Å². The van der Waals surface area contributed by atoms with Crippen molar-refractivity contribution in [3.63, 3.8) is 0 Å². The highest BCUT2D eigenvalue weighted by Crippen LogP contribution is 2.71. The number of hydrogen-bond donors (Lipinski definition) is 10. The number of ether oxygens (including phenoxy) is 8. The first kappa shape index (κ1) is 46.4. The first-order valence-electron chi connectivity index (χ1n) is 23.3. The third-order valence-corrected chi connectivity index (χ3v) is 17.9. The maximum atomic E-state index is 12.1. The van der Waals surface area contributed by atoms with E-state index in [1.807, 2.05) is 0 Å². The van der Waals surface area contributed by atoms with Gasteiger partial charge in [-0.15, -0.1) is 0 Å². The van der Waals surface area contributed by atoms with Gasteiger partial charge in [0, 0.05) is 12.3 Å². The summed E-state index contributed by atoms with van der Waals surface area (Å²) >= 11 is 0. The van der Waals surface area contributed by atoms with E-state index in [0.717, 1.165) is 45.1 Å². The highest BCUT2D eigenvalue weighted by molar-refractivity contribution is 5.16. The highest BCUT2D eigenvalue weighted by atomic mass is 16.8. The molecule has 27 atom stereocenters. The molecule has 5 aliphatic heterocycles. The Kier molecular flexibility index (Phi) is 13.0. The van der Waals surface area contributed by atoms with Crippen molar-refractivity contribution < 1.29 is 89.0 Å². The van der Waals surface area contributed by atoms with Crippen LogP contribution in [0.1, 0.15) is 85.5 Å². The molecule has 18 heteroatoms. The third-order valence-electron chi connectivity index (χ3n) is 17.9. The molecule has 4 aliphatic carbocycles. The Morgan fingerprint density at radius 3 is 2.03 bits per heavy atom. The van der Waals surface area contributed by atoms with E-state index in [0.29, 0.717) is 54.8 Å². The molecule has 356 valence electrons. The number of hydrogen-bond acceptors (Lipinski definition) is 18. The fourth-order valence-corrected chi connectivity index (χ4v) is 14.4. The normalized spacial score (nSPS) is 58.9. The van der Waals surface area contributed by atoms with Gasteiger partial charge in [0.25, 0.3) is 0 Å². The van der Waals surface area contributed by atoms with Gasteiger partial charge in [-0.05, 0) is 97.7 Å². The topological polar surface area (TPSA) is 276 Å². The van der Waals surface area contributed by atoms with Gasteiger partial charge in [0.15, 0.2) is 24.7 Å². The van der Waals surface area contributed by atoms with E-state index >= 15 is 0 Å². The summed E-state index contributed by atoms with van der Waals surface area (Å²) in [4.78, 5) is 0. The molecule has 27 unspecified atom stereocenters. The molecule has 5 heterocycles. The predicted molar refractivity (Wildman–Crippen MR) is 211 cm³/mol. The third kappa shape index (κ3) is 7.65. The van der Waals surface area contributed by atoms with E-state index in [4.69, 9.17) is 37.9 Å². The molecule has 10 N–H and O–H groups in total. The summed E-state index contributed by atoms with van der Waals surface area (Å²) in [6.07, 6.45) is -15.1. The fraction of sp³-hybridized carbons (Fsp3) is 1.00. The van der Waals surface area contributed by atoms with Crippen LogP contribution < -0.4 is 0 Å². The molecule has 0 radical (unpaired) electrons. The van der Waals surface area contributed by atoms with Crippen molar-refractivity contribution in [1.82, 2.24) is 0 Å². The molecule has 0 aromatic rings. The predicted octanol–water partition coefficient (Wildman–Crippen LogP) is -1.12. The average Bonchev–Trinajstić information content (AvgIpc) is 3.70. The lowest BCUT2D eigenvalue weighted by molar-refractivity contribution is -0.370. The minimum absolute atomic E-state index is 0.0809. The Labute approximate surface area is 362 Å². The van der Waals surface area contributed by atoms with E-state index in [9.17, 15) is 51.1 Å². The lowest BCUT2D eigenvalue weighted by atomic mass is 9.43. The molecule has 0 amide bonds. The molecule has 62 heavy (non-hydrogen) atoms. The maximum Gasteiger partial charge on any atom is 0.187 e. The van der Waals surface area contributed by atoms with Gasteiger partial charge >= 0.3 is 0 Å². The summed E-state index contributed by atoms with van der Waals surface area (Å²) in [5, 5.41) is 107. The monoisotopic (exact) mass is 888 g/mol. The number of aliphatic hydroxyl groups excluding tert-OH is 10. The van der Waals surface area contributed by atoms with Crippen molar-refractivity contribution in [3.05, 3.63) is 0 Å². The molecule has 9 fully saturated rings. The quantitative estimate of drug-likeness (QED) is 0.129. The zero-order valence-corrected chi connectivity index (χ0v) is 36.3. The van der Waals surface area contributed by atoms with Crippen LogP contribution in [-0.4, -0.2) is 188 Å². The standard InChI is InChI=1S/C44H72O18/c1-18-5-10-44(57-15-18)19(2)30-27(62-44)13-23-21-12-25(46)24-11-20(6-8-42(24,3)22(21)7-9-43(23,30)4)58-40-37(54)34(51)38(61-41-36(53)33(50)32(49)28(14-45)59-41)29(60-40)17-56-39-35(52)31(48)26(47)16-55-39/h18-41,45-54H,5-17H2,1-4H3. The van der Waals surface area contributed by atoms with Gasteiger partial charge in [-0.3, -0.25) is 0 Å². The van der Waals surface area contributed by atoms with E-state index in [-0.39, 0.29) is 29.5 Å². The van der Waals surface area contributed by atoms with Crippen molar-refractivity contribution in [2.75, 3.05) is 26.4 Å². The second-order valence-corrected chi connectivity index (χ2v) is 21.2. The summed E-state index contributed by atoms with van der Waals surface area (Å²) in [5.74, 6) is 1.93. The molecular weight excluding hydrogens is 816 g/mol. The second-order valence-electron chi connectivity index (χ2n) is 21.2. The minimum atomic E-state index is -1.83. The van der Waals surface area contributed by atoms with E-state index < -0.39 is 117 Å². The SMILES string of the molecule is CC1CCC2(OC1)OC1CC3C4CC(O)C5CC(OC6OC(COC7OCC(O)C(O)C7O)C(OC7OC(CO)C(O)C(O)C7O)C(O)C6O)CCC5(C)C4CCC3(C)C1C2C. The zero-order valence-electron chi connectivity index (χ0n) is 36.3. The van der Waals surface area contributed by atoms with Crippen molar-refractivity contribution >= 4 is 0 Å². The molecule has 0 bridgehead atoms. The summed E-state index contributed by atoms with van der Waals surface area (Å²) in [6, 6.07) is 0. The highest BCUT2D eigenvalue weighted by Gasteiger charge is 2.70. The maximum absolute atomic E-state index is 12.1. The van der Waals surface area contributed by atoms with Gasteiger partial charge in [-0.25, -0.2) is 0 Å². The summed E-state index contributed by atoms with van der Waals surface area (Å²) in [5.41, 5.74) is -0.0463. The lowest BCUT2D eigenvalue weighted by Crippen LogP contribution is -2.65. The largest absolute Gasteiger partial charge is 0.394 e. The fourth-order valence-electron chi connectivity index (χ4n) is 14.4. The van der Waals surface area contributed by atoms with Crippen molar-refractivity contribution in [1.29, 1.82) is 0 Å². The Bertz CT molecular complexity index is 1550. The molecule has 9 rings (SSSR count). The Morgan fingerprint density at radius 1 is 0.613 bits per heavy atom. The molecule has 5 saturated heterocycles. The van der Waals surface area contributed by atoms with Gasteiger partial charge in [0.1, 0.15) is 67.1 Å². The molecule has 9 aliphatic rings. The first-order chi connectivity index (χ1) is 29.4. The Morgan fingerprint density at radius 2 is 1.31 bits per heavy atom. The van der Waals surface area contributed by atoms with Gasteiger partial charge in [0.05, 0.1) is 44.7 Å². The number of rotatable bonds is 8. The van der Waals surface area contributed by atoms with Crippen LogP contribution in [0.25, 0.3) is 0 Å². The lowest BCUT2D eigenvalue weighted by Gasteiger charge is -2.62. The van der Waals surface area contributed by atoms with Crippen molar-refractivity contribution in [3.8, 4) is 0 Å². The van der Waals surface area contributed by atoms with Crippen LogP contribution in [0.3, 0.4) is 0 Å². The number of fused-ring (bicyclic) bond motifs is 7. The van der Waals surface area contributed by atoms with E-state index in [1.165, 1.54) is 0 Å².